The van der Waals surface area contributed by atoms with Gasteiger partial charge in [-0.05, 0) is 23.6 Å². The summed E-state index contributed by atoms with van der Waals surface area (Å²) in [6.45, 7) is 3.76. The fourth-order valence-electron chi connectivity index (χ4n) is 2.84. The van der Waals surface area contributed by atoms with Gasteiger partial charge in [0, 0.05) is 0 Å². The molecule has 1 saturated heterocycles. The van der Waals surface area contributed by atoms with Gasteiger partial charge in [-0.25, -0.2) is 4.79 Å². The Morgan fingerprint density at radius 2 is 1.82 bits per heavy atom. The van der Waals surface area contributed by atoms with Gasteiger partial charge in [0.2, 0.25) is 5.91 Å². The number of likely N-dealkylation sites (tertiary alicyclic amines) is 1. The van der Waals surface area contributed by atoms with Crippen LogP contribution in [0.15, 0.2) is 24.3 Å². The molecule has 1 aliphatic heterocycles. The summed E-state index contributed by atoms with van der Waals surface area (Å²) in [6.07, 6.45) is 0. The zero-order valence-corrected chi connectivity index (χ0v) is 13.3. The monoisotopic (exact) mass is 306 g/mol. The average molecular weight is 306 g/mol. The molecule has 120 valence electrons. The normalized spacial score (nSPS) is 22.3. The first-order valence-electron chi connectivity index (χ1n) is 7.22. The lowest BCUT2D eigenvalue weighted by atomic mass is 9.85. The fourth-order valence-corrected chi connectivity index (χ4v) is 2.84. The summed E-state index contributed by atoms with van der Waals surface area (Å²) >= 11 is 0. The molecule has 0 bridgehead atoms. The third-order valence-electron chi connectivity index (χ3n) is 4.01. The molecule has 1 aliphatic rings. The van der Waals surface area contributed by atoms with E-state index < -0.39 is 18.1 Å². The molecule has 0 aromatic heterocycles. The second-order valence-corrected chi connectivity index (χ2v) is 5.70. The van der Waals surface area contributed by atoms with Crippen LogP contribution in [-0.2, 0) is 14.3 Å². The molecule has 6 nitrogen and oxygen atoms in total. The van der Waals surface area contributed by atoms with Crippen molar-refractivity contribution >= 4 is 11.9 Å². The van der Waals surface area contributed by atoms with Crippen LogP contribution in [0.3, 0.4) is 0 Å². The molecular formula is C16H22N2O4. The zero-order chi connectivity index (χ0) is 16.4. The maximum absolute atomic E-state index is 12.2. The second-order valence-electron chi connectivity index (χ2n) is 5.70. The highest BCUT2D eigenvalue weighted by Gasteiger charge is 2.52. The van der Waals surface area contributed by atoms with Gasteiger partial charge in [-0.3, -0.25) is 4.79 Å². The number of hydrogen-bond acceptors (Lipinski definition) is 5. The van der Waals surface area contributed by atoms with Crippen LogP contribution in [0.1, 0.15) is 25.5 Å². The lowest BCUT2D eigenvalue weighted by Gasteiger charge is -2.49. The van der Waals surface area contributed by atoms with E-state index in [1.807, 2.05) is 38.1 Å². The molecule has 0 radical (unpaired) electrons. The van der Waals surface area contributed by atoms with Crippen molar-refractivity contribution in [3.05, 3.63) is 29.8 Å². The van der Waals surface area contributed by atoms with Crippen LogP contribution >= 0.6 is 0 Å². The number of methoxy groups -OCH3 is 2. The van der Waals surface area contributed by atoms with Gasteiger partial charge in [0.05, 0.1) is 20.3 Å². The summed E-state index contributed by atoms with van der Waals surface area (Å²) in [6, 6.07) is 5.74. The van der Waals surface area contributed by atoms with Crippen LogP contribution in [0.4, 0.5) is 0 Å². The SMILES string of the molecule is COC(=O)[C@H](C(C)C)N1C(=O)[C@@H](N)[C@@H]1c1ccc(OC)cc1. The number of nitrogens with two attached hydrogens (primary N) is 1. The number of nitrogens with zero attached hydrogens (tertiary/aromatic N) is 1. The molecule has 2 N–H and O–H groups in total. The predicted molar refractivity (Wildman–Crippen MR) is 81.2 cm³/mol. The van der Waals surface area contributed by atoms with Gasteiger partial charge in [0.1, 0.15) is 17.8 Å². The van der Waals surface area contributed by atoms with Crippen LogP contribution in [0.25, 0.3) is 0 Å². The van der Waals surface area contributed by atoms with E-state index in [0.717, 1.165) is 11.3 Å². The van der Waals surface area contributed by atoms with Crippen molar-refractivity contribution in [2.45, 2.75) is 32.0 Å². The van der Waals surface area contributed by atoms with Gasteiger partial charge in [-0.15, -0.1) is 0 Å². The van der Waals surface area contributed by atoms with E-state index in [4.69, 9.17) is 15.2 Å². The van der Waals surface area contributed by atoms with Gasteiger partial charge in [-0.1, -0.05) is 26.0 Å². The molecule has 22 heavy (non-hydrogen) atoms. The highest BCUT2D eigenvalue weighted by atomic mass is 16.5. The van der Waals surface area contributed by atoms with Crippen molar-refractivity contribution in [1.82, 2.24) is 4.90 Å². The van der Waals surface area contributed by atoms with Gasteiger partial charge in [0.25, 0.3) is 0 Å². The first-order chi connectivity index (χ1) is 10.4. The Labute approximate surface area is 130 Å². The van der Waals surface area contributed by atoms with E-state index in [0.29, 0.717) is 0 Å². The molecular weight excluding hydrogens is 284 g/mol. The molecule has 2 rings (SSSR count). The first-order valence-corrected chi connectivity index (χ1v) is 7.22. The second kappa shape index (κ2) is 6.36. The predicted octanol–water partition coefficient (Wildman–Crippen LogP) is 1.10. The van der Waals surface area contributed by atoms with E-state index in [1.54, 1.807) is 7.11 Å². The molecule has 6 heteroatoms. The Morgan fingerprint density at radius 3 is 2.27 bits per heavy atom. The maximum atomic E-state index is 12.2. The molecule has 1 fully saturated rings. The lowest BCUT2D eigenvalue weighted by molar-refractivity contribution is -0.168. The van der Waals surface area contributed by atoms with Gasteiger partial charge in [0.15, 0.2) is 0 Å². The van der Waals surface area contributed by atoms with Gasteiger partial charge < -0.3 is 20.1 Å². The Balaban J connectivity index is 2.32. The molecule has 3 atom stereocenters. The van der Waals surface area contributed by atoms with Crippen LogP contribution in [0.2, 0.25) is 0 Å². The number of esters is 1. The topological polar surface area (TPSA) is 81.9 Å². The summed E-state index contributed by atoms with van der Waals surface area (Å²) < 4.78 is 9.97. The summed E-state index contributed by atoms with van der Waals surface area (Å²) in [5, 5.41) is 0. The Morgan fingerprint density at radius 1 is 1.23 bits per heavy atom. The number of hydrogen-bond donors (Lipinski definition) is 1. The summed E-state index contributed by atoms with van der Waals surface area (Å²) in [5.74, 6) is 0.00577. The molecule has 1 aromatic carbocycles. The average Bonchev–Trinajstić information content (AvgIpc) is 2.53. The number of β-lactam (4-membered cyclic amide) rings is 1. The molecule has 0 aliphatic carbocycles. The Bertz CT molecular complexity index is 556. The standard InChI is InChI=1S/C16H22N2O4/c1-9(2)13(16(20)22-4)18-14(12(17)15(18)19)10-5-7-11(21-3)8-6-10/h5-9,12-14H,17H2,1-4H3/t12-,13-,14-/m0/s1. The number of amides is 1. The van der Waals surface area contributed by atoms with E-state index in [1.165, 1.54) is 12.0 Å². The van der Waals surface area contributed by atoms with Crippen molar-refractivity contribution in [1.29, 1.82) is 0 Å². The lowest BCUT2D eigenvalue weighted by Crippen LogP contribution is -2.68. The number of carbonyl (C=O) groups is 2. The number of rotatable bonds is 5. The third-order valence-corrected chi connectivity index (χ3v) is 4.01. The molecule has 0 unspecified atom stereocenters. The smallest absolute Gasteiger partial charge is 0.328 e. The minimum Gasteiger partial charge on any atom is -0.497 e. The first kappa shape index (κ1) is 16.3. The number of benzene rings is 1. The maximum Gasteiger partial charge on any atom is 0.328 e. The van der Waals surface area contributed by atoms with Crippen molar-refractivity contribution in [2.24, 2.45) is 11.7 Å². The summed E-state index contributed by atoms with van der Waals surface area (Å²) in [7, 11) is 2.91. The Kier molecular flexibility index (Phi) is 4.71. The molecule has 1 amide bonds. The summed E-state index contributed by atoms with van der Waals surface area (Å²) in [5.41, 5.74) is 6.84. The van der Waals surface area contributed by atoms with Crippen LogP contribution < -0.4 is 10.5 Å². The molecule has 1 heterocycles. The van der Waals surface area contributed by atoms with Crippen molar-refractivity contribution in [2.75, 3.05) is 14.2 Å². The minimum atomic E-state index is -0.640. The highest BCUT2D eigenvalue weighted by Crippen LogP contribution is 2.38. The highest BCUT2D eigenvalue weighted by molar-refractivity contribution is 5.94. The largest absolute Gasteiger partial charge is 0.497 e. The van der Waals surface area contributed by atoms with Crippen molar-refractivity contribution in [3.63, 3.8) is 0 Å². The molecule has 1 aromatic rings. The van der Waals surface area contributed by atoms with Crippen LogP contribution in [0, 0.1) is 5.92 Å². The molecule has 0 saturated carbocycles. The van der Waals surface area contributed by atoms with E-state index >= 15 is 0 Å². The van der Waals surface area contributed by atoms with Crippen LogP contribution in [0.5, 0.6) is 5.75 Å². The van der Waals surface area contributed by atoms with Crippen molar-refractivity contribution < 1.29 is 19.1 Å². The third kappa shape index (κ3) is 2.66. The van der Waals surface area contributed by atoms with Crippen molar-refractivity contribution in [3.8, 4) is 5.75 Å². The van der Waals surface area contributed by atoms with E-state index in [2.05, 4.69) is 0 Å². The number of ether oxygens (including phenoxy) is 2. The zero-order valence-electron chi connectivity index (χ0n) is 13.3. The minimum absolute atomic E-state index is 0.0651. The molecule has 0 spiro atoms. The van der Waals surface area contributed by atoms with Crippen LogP contribution in [-0.4, -0.2) is 43.1 Å². The summed E-state index contributed by atoms with van der Waals surface area (Å²) in [4.78, 5) is 25.8. The van der Waals surface area contributed by atoms with Gasteiger partial charge in [-0.2, -0.15) is 0 Å². The fraction of sp³-hybridized carbons (Fsp3) is 0.500. The quantitative estimate of drug-likeness (QED) is 0.651. The number of carbonyl (C=O) groups excluding carboxylic acids is 2. The van der Waals surface area contributed by atoms with Gasteiger partial charge >= 0.3 is 5.97 Å². The van der Waals surface area contributed by atoms with E-state index in [9.17, 15) is 9.59 Å². The Hall–Kier alpha value is -2.08. The van der Waals surface area contributed by atoms with E-state index in [-0.39, 0.29) is 17.9 Å².